The normalized spacial score (nSPS) is 13.5. The van der Waals surface area contributed by atoms with Crippen molar-refractivity contribution in [3.8, 4) is 16.8 Å². The van der Waals surface area contributed by atoms with Gasteiger partial charge in [-0.25, -0.2) is 0 Å². The van der Waals surface area contributed by atoms with Crippen molar-refractivity contribution >= 4 is 49.6 Å². The first-order valence-electron chi connectivity index (χ1n) is 19.8. The van der Waals surface area contributed by atoms with E-state index in [2.05, 4.69) is 197 Å². The summed E-state index contributed by atoms with van der Waals surface area (Å²) in [6.45, 7) is 16.2. The van der Waals surface area contributed by atoms with Crippen LogP contribution in [0.1, 0.15) is 82.2 Å². The highest BCUT2D eigenvalue weighted by atomic mass is 15.1. The van der Waals surface area contributed by atoms with E-state index in [4.69, 9.17) is 0 Å². The molecule has 54 heavy (non-hydrogen) atoms. The lowest BCUT2D eigenvalue weighted by molar-refractivity contribution is 0.591. The van der Waals surface area contributed by atoms with Gasteiger partial charge in [0.15, 0.2) is 0 Å². The summed E-state index contributed by atoms with van der Waals surface area (Å²) in [6.07, 6.45) is 3.52. The first kappa shape index (κ1) is 34.2. The fourth-order valence-electron chi connectivity index (χ4n) is 8.93. The summed E-state index contributed by atoms with van der Waals surface area (Å²) >= 11 is 0. The third-order valence-corrected chi connectivity index (χ3v) is 12.0. The van der Waals surface area contributed by atoms with Crippen LogP contribution in [-0.4, -0.2) is 4.57 Å². The van der Waals surface area contributed by atoms with E-state index in [1.54, 1.807) is 0 Å². The number of rotatable bonds is 7. The molecule has 0 saturated heterocycles. The smallest absolute Gasteiger partial charge is 0.0544 e. The maximum absolute atomic E-state index is 2.56. The van der Waals surface area contributed by atoms with Crippen molar-refractivity contribution in [3.05, 3.63) is 167 Å². The molecule has 1 aromatic heterocycles. The van der Waals surface area contributed by atoms with Crippen LogP contribution >= 0.6 is 0 Å². The first-order valence-corrected chi connectivity index (χ1v) is 19.8. The van der Waals surface area contributed by atoms with Gasteiger partial charge in [-0.05, 0) is 131 Å². The van der Waals surface area contributed by atoms with Crippen LogP contribution < -0.4 is 4.90 Å². The fraction of sp³-hybridized carbons (Fsp3) is 0.231. The van der Waals surface area contributed by atoms with Gasteiger partial charge in [-0.3, -0.25) is 0 Å². The minimum atomic E-state index is -0.222. The Morgan fingerprint density at radius 3 is 1.96 bits per heavy atom. The van der Waals surface area contributed by atoms with E-state index in [9.17, 15) is 0 Å². The zero-order valence-electron chi connectivity index (χ0n) is 32.8. The largest absolute Gasteiger partial charge is 0.310 e. The quantitative estimate of drug-likeness (QED) is 0.160. The van der Waals surface area contributed by atoms with Gasteiger partial charge in [-0.1, -0.05) is 126 Å². The van der Waals surface area contributed by atoms with Crippen LogP contribution in [0.25, 0.3) is 49.4 Å². The van der Waals surface area contributed by atoms with Crippen molar-refractivity contribution in [3.63, 3.8) is 0 Å². The molecule has 0 unspecified atom stereocenters. The van der Waals surface area contributed by atoms with Crippen LogP contribution in [-0.2, 0) is 17.3 Å². The van der Waals surface area contributed by atoms with Gasteiger partial charge < -0.3 is 9.47 Å². The SMILES string of the molecule is CCCCc1ccc2c(c1)c1cc(C(C)(C)C)ccc1n2-c1cc2c(c3ccccc13)-c1ccc(N(c3ccccc3)c3ccc(C)cc3)cc1C2(C)C. The van der Waals surface area contributed by atoms with Gasteiger partial charge in [-0.15, -0.1) is 0 Å². The van der Waals surface area contributed by atoms with E-state index < -0.39 is 0 Å². The summed E-state index contributed by atoms with van der Waals surface area (Å²) in [5, 5.41) is 5.27. The fourth-order valence-corrected chi connectivity index (χ4v) is 8.93. The van der Waals surface area contributed by atoms with Gasteiger partial charge >= 0.3 is 0 Å². The average Bonchev–Trinajstić information content (AvgIpc) is 3.61. The van der Waals surface area contributed by atoms with Crippen molar-refractivity contribution in [1.82, 2.24) is 4.57 Å². The summed E-state index contributed by atoms with van der Waals surface area (Å²) in [5.41, 5.74) is 16.6. The molecule has 9 rings (SSSR count). The standard InChI is InChI=1S/C52H50N2/c1-8-9-15-35-22-28-47-43(30-35)44-31-36(51(3,4)5)23-29-48(44)54(47)49-33-46-50(41-19-14-13-18-40(41)49)42-27-26-39(32-45(42)52(46,6)7)53(37-16-11-10-12-17-37)38-24-20-34(2)21-25-38/h10-14,16-33H,8-9,15H2,1-7H3. The molecule has 0 bridgehead atoms. The number of fused-ring (bicyclic) bond motifs is 8. The molecule has 0 amide bonds. The molecule has 1 heterocycles. The molecule has 1 aliphatic rings. The van der Waals surface area contributed by atoms with E-state index in [1.165, 1.54) is 95.7 Å². The molecule has 2 heteroatoms. The van der Waals surface area contributed by atoms with Crippen LogP contribution in [0.3, 0.4) is 0 Å². The van der Waals surface area contributed by atoms with Crippen molar-refractivity contribution in [2.75, 3.05) is 4.90 Å². The van der Waals surface area contributed by atoms with Crippen LogP contribution in [0.2, 0.25) is 0 Å². The Kier molecular flexibility index (Phi) is 8.08. The predicted octanol–water partition coefficient (Wildman–Crippen LogP) is 14.7. The molecule has 2 nitrogen and oxygen atoms in total. The van der Waals surface area contributed by atoms with Crippen LogP contribution in [0.15, 0.2) is 140 Å². The van der Waals surface area contributed by atoms with Crippen molar-refractivity contribution < 1.29 is 0 Å². The second-order valence-electron chi connectivity index (χ2n) is 17.0. The lowest BCUT2D eigenvalue weighted by atomic mass is 9.81. The highest BCUT2D eigenvalue weighted by Gasteiger charge is 2.38. The summed E-state index contributed by atoms with van der Waals surface area (Å²) in [6, 6.07) is 52.8. The molecule has 0 saturated carbocycles. The molecule has 0 aliphatic heterocycles. The summed E-state index contributed by atoms with van der Waals surface area (Å²) in [7, 11) is 0. The third-order valence-electron chi connectivity index (χ3n) is 12.0. The van der Waals surface area contributed by atoms with Crippen molar-refractivity contribution in [2.24, 2.45) is 0 Å². The Hall–Kier alpha value is -5.60. The molecular weight excluding hydrogens is 653 g/mol. The minimum absolute atomic E-state index is 0.0624. The number of aryl methyl sites for hydroxylation is 2. The Bertz CT molecular complexity index is 2700. The molecule has 0 atom stereocenters. The van der Waals surface area contributed by atoms with Gasteiger partial charge in [0.2, 0.25) is 0 Å². The molecule has 268 valence electrons. The number of para-hydroxylation sites is 1. The summed E-state index contributed by atoms with van der Waals surface area (Å²) < 4.78 is 2.56. The van der Waals surface area contributed by atoms with Gasteiger partial charge in [0.25, 0.3) is 0 Å². The number of hydrogen-bond donors (Lipinski definition) is 0. The third kappa shape index (κ3) is 5.46. The van der Waals surface area contributed by atoms with Gasteiger partial charge in [0.05, 0.1) is 16.7 Å². The number of hydrogen-bond acceptors (Lipinski definition) is 1. The van der Waals surface area contributed by atoms with Crippen molar-refractivity contribution in [1.29, 1.82) is 0 Å². The predicted molar refractivity (Wildman–Crippen MR) is 233 cm³/mol. The Morgan fingerprint density at radius 2 is 1.24 bits per heavy atom. The van der Waals surface area contributed by atoms with E-state index >= 15 is 0 Å². The molecule has 0 N–H and O–H groups in total. The zero-order chi connectivity index (χ0) is 37.4. The first-order chi connectivity index (χ1) is 26.0. The van der Waals surface area contributed by atoms with E-state index in [0.717, 1.165) is 17.8 Å². The Morgan fingerprint density at radius 1 is 0.593 bits per heavy atom. The van der Waals surface area contributed by atoms with E-state index in [0.29, 0.717) is 0 Å². The maximum Gasteiger partial charge on any atom is 0.0544 e. The molecule has 8 aromatic rings. The summed E-state index contributed by atoms with van der Waals surface area (Å²) in [4.78, 5) is 2.39. The Labute approximate surface area is 320 Å². The van der Waals surface area contributed by atoms with Gasteiger partial charge in [0.1, 0.15) is 0 Å². The molecule has 0 spiro atoms. The number of anilines is 3. The zero-order valence-corrected chi connectivity index (χ0v) is 32.8. The van der Waals surface area contributed by atoms with Gasteiger partial charge in [0, 0.05) is 38.6 Å². The van der Waals surface area contributed by atoms with E-state index in [-0.39, 0.29) is 10.8 Å². The molecule has 7 aromatic carbocycles. The number of nitrogens with zero attached hydrogens (tertiary/aromatic N) is 2. The highest BCUT2D eigenvalue weighted by molar-refractivity contribution is 6.13. The number of aromatic nitrogens is 1. The van der Waals surface area contributed by atoms with Crippen LogP contribution in [0.5, 0.6) is 0 Å². The number of unbranched alkanes of at least 4 members (excludes halogenated alkanes) is 1. The van der Waals surface area contributed by atoms with E-state index in [1.807, 2.05) is 0 Å². The number of benzene rings is 7. The lowest BCUT2D eigenvalue weighted by Crippen LogP contribution is -2.17. The molecule has 0 radical (unpaired) electrons. The highest BCUT2D eigenvalue weighted by Crippen LogP contribution is 2.54. The monoisotopic (exact) mass is 702 g/mol. The van der Waals surface area contributed by atoms with Gasteiger partial charge in [-0.2, -0.15) is 0 Å². The molecule has 0 fully saturated rings. The second kappa shape index (κ2) is 12.8. The van der Waals surface area contributed by atoms with Crippen LogP contribution in [0, 0.1) is 6.92 Å². The second-order valence-corrected chi connectivity index (χ2v) is 17.0. The van der Waals surface area contributed by atoms with Crippen LogP contribution in [0.4, 0.5) is 17.1 Å². The molecule has 1 aliphatic carbocycles. The topological polar surface area (TPSA) is 8.17 Å². The maximum atomic E-state index is 2.56. The Balaban J connectivity index is 1.27. The average molecular weight is 703 g/mol. The lowest BCUT2D eigenvalue weighted by Gasteiger charge is -2.28. The minimum Gasteiger partial charge on any atom is -0.310 e. The molecular formula is C52H50N2. The summed E-state index contributed by atoms with van der Waals surface area (Å²) in [5.74, 6) is 0. The van der Waals surface area contributed by atoms with Crippen molar-refractivity contribution in [2.45, 2.75) is 78.6 Å².